The number of fused-ring (bicyclic) bond motifs is 1. The number of aromatic nitrogens is 1. The normalized spacial score (nSPS) is 26.5. The van der Waals surface area contributed by atoms with Crippen LogP contribution in [0.25, 0.3) is 11.3 Å². The summed E-state index contributed by atoms with van der Waals surface area (Å²) in [5, 5.41) is 0. The van der Waals surface area contributed by atoms with Crippen LogP contribution >= 0.6 is 0 Å². The van der Waals surface area contributed by atoms with Gasteiger partial charge in [-0.05, 0) is 61.5 Å². The van der Waals surface area contributed by atoms with E-state index in [1.165, 1.54) is 0 Å². The van der Waals surface area contributed by atoms with Gasteiger partial charge in [-0.3, -0.25) is 0 Å². The van der Waals surface area contributed by atoms with Gasteiger partial charge in [-0.1, -0.05) is 37.5 Å². The molecule has 0 saturated heterocycles. The lowest BCUT2D eigenvalue weighted by atomic mass is 9.64. The molecular formula is C22H28N+. The number of hydrogen-bond acceptors (Lipinski definition) is 0. The first kappa shape index (κ1) is 11.0. The molecular weight excluding hydrogens is 278 g/mol. The number of benzene rings is 1. The number of aryl methyl sites for hydroxylation is 3. The first-order chi connectivity index (χ1) is 12.7. The van der Waals surface area contributed by atoms with Crippen LogP contribution in [0.5, 0.6) is 0 Å². The molecule has 0 N–H and O–H groups in total. The average molecular weight is 310 g/mol. The monoisotopic (exact) mass is 310 g/mol. The van der Waals surface area contributed by atoms with E-state index in [1.54, 1.807) is 0 Å². The molecule has 2 aliphatic rings. The predicted molar refractivity (Wildman–Crippen MR) is 95.3 cm³/mol. The highest BCUT2D eigenvalue weighted by Gasteiger charge is 2.36. The third-order valence-electron chi connectivity index (χ3n) is 5.52. The average Bonchev–Trinajstić information content (AvgIpc) is 2.61. The van der Waals surface area contributed by atoms with Gasteiger partial charge < -0.3 is 0 Å². The maximum atomic E-state index is 9.03. The van der Waals surface area contributed by atoms with Crippen molar-refractivity contribution < 1.29 is 10.1 Å². The van der Waals surface area contributed by atoms with Crippen molar-refractivity contribution >= 4 is 0 Å². The Kier molecular flexibility index (Phi) is 2.77. The summed E-state index contributed by atoms with van der Waals surface area (Å²) < 4.78 is 37.7. The van der Waals surface area contributed by atoms with E-state index < -0.39 is 18.2 Å². The third kappa shape index (κ3) is 2.71. The molecule has 0 amide bonds. The van der Waals surface area contributed by atoms with Gasteiger partial charge in [0.15, 0.2) is 6.20 Å². The van der Waals surface area contributed by atoms with Gasteiger partial charge in [0.05, 0.1) is 0 Å². The zero-order valence-electron chi connectivity index (χ0n) is 18.2. The van der Waals surface area contributed by atoms with E-state index in [9.17, 15) is 0 Å². The standard InChI is InChI=1S/C22H28N/c1-17-8-4-5-9-20(17)21-14-18-10-13-22(11-6-3-7-12-22)15-19(18)16-23(21)2/h4-5,8-9,14,16H,3,6-7,10-13,15H2,1-2H3/q+1/i10D2,15D2. The second-order valence-electron chi connectivity index (χ2n) is 7.23. The SMILES string of the molecule is [2H]C1([2H])CC2(CCCCC2)C([2H])([2H])c2c[n+](C)c(-c3ccccc3C)cc21. The molecule has 1 nitrogen and oxygen atoms in total. The highest BCUT2D eigenvalue weighted by Crippen LogP contribution is 2.46. The Morgan fingerprint density at radius 3 is 2.61 bits per heavy atom. The van der Waals surface area contributed by atoms with Crippen molar-refractivity contribution in [2.24, 2.45) is 12.5 Å². The quantitative estimate of drug-likeness (QED) is 0.658. The van der Waals surface area contributed by atoms with Crippen LogP contribution in [0.3, 0.4) is 0 Å². The zero-order valence-corrected chi connectivity index (χ0v) is 14.2. The van der Waals surface area contributed by atoms with Crippen LogP contribution in [0.4, 0.5) is 0 Å². The van der Waals surface area contributed by atoms with E-state index in [0.29, 0.717) is 11.1 Å². The van der Waals surface area contributed by atoms with Gasteiger partial charge in [-0.2, -0.15) is 0 Å². The molecule has 23 heavy (non-hydrogen) atoms. The zero-order chi connectivity index (χ0) is 19.4. The van der Waals surface area contributed by atoms with Gasteiger partial charge >= 0.3 is 0 Å². The topological polar surface area (TPSA) is 3.88 Å². The summed E-state index contributed by atoms with van der Waals surface area (Å²) in [6.45, 7) is 2.06. The summed E-state index contributed by atoms with van der Waals surface area (Å²) in [4.78, 5) is 0. The van der Waals surface area contributed by atoms with Crippen molar-refractivity contribution in [3.63, 3.8) is 0 Å². The Balaban J connectivity index is 1.93. The summed E-state index contributed by atoms with van der Waals surface area (Å²) in [6.07, 6.45) is 3.81. The molecule has 0 aliphatic heterocycles. The molecule has 2 aliphatic carbocycles. The molecule has 1 aromatic carbocycles. The number of hydrogen-bond donors (Lipinski definition) is 0. The highest BCUT2D eigenvalue weighted by molar-refractivity contribution is 5.61. The molecule has 2 aromatic rings. The second kappa shape index (κ2) is 5.78. The molecule has 0 unspecified atom stereocenters. The first-order valence-corrected chi connectivity index (χ1v) is 8.79. The Morgan fingerprint density at radius 2 is 1.83 bits per heavy atom. The lowest BCUT2D eigenvalue weighted by molar-refractivity contribution is -0.661. The molecule has 1 saturated carbocycles. The van der Waals surface area contributed by atoms with Crippen molar-refractivity contribution in [2.75, 3.05) is 0 Å². The molecule has 120 valence electrons. The van der Waals surface area contributed by atoms with E-state index in [-0.39, 0.29) is 6.42 Å². The Hall–Kier alpha value is -1.63. The van der Waals surface area contributed by atoms with Crippen LogP contribution in [0.1, 0.15) is 60.7 Å². The van der Waals surface area contributed by atoms with Gasteiger partial charge in [0.25, 0.3) is 0 Å². The number of nitrogens with zero attached hydrogens (tertiary/aromatic N) is 1. The maximum Gasteiger partial charge on any atom is 0.212 e. The van der Waals surface area contributed by atoms with Crippen molar-refractivity contribution in [3.05, 3.63) is 53.2 Å². The van der Waals surface area contributed by atoms with Gasteiger partial charge in [-0.25, -0.2) is 4.57 Å². The van der Waals surface area contributed by atoms with E-state index >= 15 is 0 Å². The Morgan fingerprint density at radius 1 is 1.04 bits per heavy atom. The lowest BCUT2D eigenvalue weighted by Crippen LogP contribution is -2.37. The summed E-state index contributed by atoms with van der Waals surface area (Å²) in [5.74, 6) is 0. The molecule has 0 radical (unpaired) electrons. The first-order valence-electron chi connectivity index (χ1n) is 10.8. The predicted octanol–water partition coefficient (Wildman–Crippen LogP) is 4.93. The minimum Gasteiger partial charge on any atom is -0.201 e. The van der Waals surface area contributed by atoms with E-state index in [2.05, 4.69) is 13.0 Å². The summed E-state index contributed by atoms with van der Waals surface area (Å²) in [5.41, 5.74) is 3.62. The molecule has 0 atom stereocenters. The van der Waals surface area contributed by atoms with Crippen molar-refractivity contribution in [1.29, 1.82) is 0 Å². The number of pyridine rings is 1. The van der Waals surface area contributed by atoms with Crippen molar-refractivity contribution in [2.45, 2.75) is 58.2 Å². The van der Waals surface area contributed by atoms with Crippen LogP contribution < -0.4 is 4.57 Å². The van der Waals surface area contributed by atoms with Crippen LogP contribution in [-0.4, -0.2) is 0 Å². The number of rotatable bonds is 1. The van der Waals surface area contributed by atoms with Gasteiger partial charge in [-0.15, -0.1) is 0 Å². The van der Waals surface area contributed by atoms with E-state index in [0.717, 1.165) is 48.9 Å². The fourth-order valence-corrected chi connectivity index (χ4v) is 4.15. The van der Waals surface area contributed by atoms with Crippen LogP contribution in [0.2, 0.25) is 0 Å². The Bertz CT molecular complexity index is 882. The molecule has 4 rings (SSSR count). The third-order valence-corrected chi connectivity index (χ3v) is 5.52. The maximum absolute atomic E-state index is 9.03. The minimum atomic E-state index is -1.51. The highest BCUT2D eigenvalue weighted by atomic mass is 14.9. The molecule has 1 heterocycles. The van der Waals surface area contributed by atoms with Crippen LogP contribution in [0.15, 0.2) is 36.5 Å². The van der Waals surface area contributed by atoms with Crippen molar-refractivity contribution in [3.8, 4) is 11.3 Å². The van der Waals surface area contributed by atoms with E-state index in [4.69, 9.17) is 5.48 Å². The second-order valence-corrected chi connectivity index (χ2v) is 7.23. The summed E-state index contributed by atoms with van der Waals surface area (Å²) >= 11 is 0. The molecule has 1 spiro atoms. The van der Waals surface area contributed by atoms with Gasteiger partial charge in [0.1, 0.15) is 7.05 Å². The molecule has 1 heteroatoms. The van der Waals surface area contributed by atoms with Crippen LogP contribution in [0, 0.1) is 12.3 Å². The van der Waals surface area contributed by atoms with Crippen LogP contribution in [-0.2, 0) is 19.8 Å². The molecule has 1 fully saturated rings. The minimum absolute atomic E-state index is 0.279. The Labute approximate surface area is 146 Å². The lowest BCUT2D eigenvalue weighted by Gasteiger charge is -2.40. The fourth-order valence-electron chi connectivity index (χ4n) is 4.15. The molecule has 0 bridgehead atoms. The smallest absolute Gasteiger partial charge is 0.201 e. The molecule has 1 aromatic heterocycles. The largest absolute Gasteiger partial charge is 0.212 e. The summed E-state index contributed by atoms with van der Waals surface area (Å²) in [7, 11) is 1.94. The summed E-state index contributed by atoms with van der Waals surface area (Å²) in [6, 6.07) is 9.99. The van der Waals surface area contributed by atoms with Gasteiger partial charge in [0.2, 0.25) is 5.69 Å². The fraction of sp³-hybridized carbons (Fsp3) is 0.500. The van der Waals surface area contributed by atoms with Crippen molar-refractivity contribution in [1.82, 2.24) is 0 Å². The van der Waals surface area contributed by atoms with Gasteiger partial charge in [0, 0.05) is 22.7 Å². The van der Waals surface area contributed by atoms with E-state index in [1.807, 2.05) is 42.1 Å².